The molecule has 0 radical (unpaired) electrons. The van der Waals surface area contributed by atoms with Crippen molar-refractivity contribution >= 4 is 40.2 Å². The summed E-state index contributed by atoms with van der Waals surface area (Å²) in [4.78, 5) is 34.2. The number of rotatable bonds is 4. The van der Waals surface area contributed by atoms with E-state index in [1.807, 2.05) is 13.0 Å². The minimum Gasteiger partial charge on any atom is -0.410 e. The number of nitrogens with zero attached hydrogens (tertiary/aromatic N) is 3. The fourth-order valence-electron chi connectivity index (χ4n) is 2.80. The molecule has 9 nitrogen and oxygen atoms in total. The van der Waals surface area contributed by atoms with Crippen LogP contribution in [0.2, 0.25) is 5.02 Å². The van der Waals surface area contributed by atoms with Crippen LogP contribution in [-0.4, -0.2) is 26.0 Å². The molecule has 0 bridgehead atoms. The number of aromatic amines is 1. The summed E-state index contributed by atoms with van der Waals surface area (Å²) in [5.41, 5.74) is 3.25. The topological polar surface area (TPSA) is 123 Å². The number of pyridine rings is 1. The number of anilines is 1. The van der Waals surface area contributed by atoms with Gasteiger partial charge < -0.3 is 9.72 Å². The van der Waals surface area contributed by atoms with Gasteiger partial charge in [-0.25, -0.2) is 14.8 Å². The molecule has 2 aromatic carbocycles. The molecule has 2 heterocycles. The summed E-state index contributed by atoms with van der Waals surface area (Å²) in [6.45, 7) is 1.93. The van der Waals surface area contributed by atoms with Crippen LogP contribution < -0.4 is 10.1 Å². The highest BCUT2D eigenvalue weighted by Gasteiger charge is 2.13. The molecule has 0 saturated heterocycles. The van der Waals surface area contributed by atoms with E-state index in [9.17, 15) is 14.9 Å². The van der Waals surface area contributed by atoms with E-state index < -0.39 is 11.0 Å². The van der Waals surface area contributed by atoms with Crippen molar-refractivity contribution in [1.82, 2.24) is 15.0 Å². The first-order valence-electron chi connectivity index (χ1n) is 8.74. The Hall–Kier alpha value is -3.98. The van der Waals surface area contributed by atoms with Crippen LogP contribution in [0.1, 0.15) is 5.56 Å². The predicted molar refractivity (Wildman–Crippen MR) is 112 cm³/mol. The quantitative estimate of drug-likeness (QED) is 0.347. The Morgan fingerprint density at radius 2 is 1.97 bits per heavy atom. The van der Waals surface area contributed by atoms with Crippen LogP contribution in [0.25, 0.3) is 22.6 Å². The van der Waals surface area contributed by atoms with Gasteiger partial charge in [0.1, 0.15) is 11.6 Å². The van der Waals surface area contributed by atoms with E-state index in [4.69, 9.17) is 16.3 Å². The van der Waals surface area contributed by atoms with E-state index >= 15 is 0 Å². The van der Waals surface area contributed by atoms with Crippen LogP contribution in [0.3, 0.4) is 0 Å². The van der Waals surface area contributed by atoms with Crippen molar-refractivity contribution in [2.24, 2.45) is 0 Å². The van der Waals surface area contributed by atoms with E-state index in [-0.39, 0.29) is 11.4 Å². The fourth-order valence-corrected chi connectivity index (χ4v) is 3.01. The number of aromatic nitrogens is 3. The van der Waals surface area contributed by atoms with Crippen LogP contribution in [-0.2, 0) is 0 Å². The smallest absolute Gasteiger partial charge is 0.410 e. The van der Waals surface area contributed by atoms with Gasteiger partial charge in [-0.15, -0.1) is 0 Å². The number of amides is 1. The monoisotopic (exact) mass is 423 g/mol. The first kappa shape index (κ1) is 19.3. The summed E-state index contributed by atoms with van der Waals surface area (Å²) in [6, 6.07) is 12.0. The number of benzene rings is 2. The Balaban J connectivity index is 1.53. The molecule has 0 aliphatic heterocycles. The standard InChI is InChI=1S/C20H14ClN5O4/c1-11-8-17-19(22-10-11)25-18(24-17)15-9-12(2-7-16(15)21)23-20(27)30-14-5-3-13(4-6-14)26(28)29/h2-10H,1H3,(H,23,27)(H,22,24,25). The number of nitro benzene ring substituents is 1. The minimum atomic E-state index is -0.751. The molecular formula is C20H14ClN5O4. The van der Waals surface area contributed by atoms with Crippen LogP contribution in [0.5, 0.6) is 5.75 Å². The van der Waals surface area contributed by atoms with E-state index in [1.54, 1.807) is 24.4 Å². The van der Waals surface area contributed by atoms with Gasteiger partial charge in [-0.05, 0) is 48.9 Å². The van der Waals surface area contributed by atoms with Crippen molar-refractivity contribution in [2.75, 3.05) is 5.32 Å². The van der Waals surface area contributed by atoms with Gasteiger partial charge in [0.15, 0.2) is 5.65 Å². The van der Waals surface area contributed by atoms with Gasteiger partial charge in [0, 0.05) is 29.6 Å². The van der Waals surface area contributed by atoms with Crippen molar-refractivity contribution in [3.05, 3.63) is 75.4 Å². The van der Waals surface area contributed by atoms with Gasteiger partial charge in [-0.2, -0.15) is 0 Å². The lowest BCUT2D eigenvalue weighted by atomic mass is 10.2. The molecule has 2 aromatic heterocycles. The van der Waals surface area contributed by atoms with E-state index in [0.29, 0.717) is 27.7 Å². The van der Waals surface area contributed by atoms with Gasteiger partial charge in [0.2, 0.25) is 0 Å². The zero-order valence-electron chi connectivity index (χ0n) is 15.5. The number of carbonyl (C=O) groups is 1. The second-order valence-electron chi connectivity index (χ2n) is 6.43. The summed E-state index contributed by atoms with van der Waals surface area (Å²) in [5.74, 6) is 0.687. The highest BCUT2D eigenvalue weighted by atomic mass is 35.5. The van der Waals surface area contributed by atoms with Crippen molar-refractivity contribution < 1.29 is 14.5 Å². The zero-order chi connectivity index (χ0) is 21.3. The van der Waals surface area contributed by atoms with Crippen molar-refractivity contribution in [1.29, 1.82) is 0 Å². The maximum Gasteiger partial charge on any atom is 0.417 e. The molecule has 4 rings (SSSR count). The summed E-state index contributed by atoms with van der Waals surface area (Å²) < 4.78 is 5.15. The van der Waals surface area contributed by atoms with Crippen molar-refractivity contribution in [3.63, 3.8) is 0 Å². The van der Waals surface area contributed by atoms with Crippen LogP contribution >= 0.6 is 11.6 Å². The number of H-pyrrole nitrogens is 1. The van der Waals surface area contributed by atoms with Gasteiger partial charge in [-0.1, -0.05) is 11.6 Å². The molecule has 0 saturated carbocycles. The second kappa shape index (κ2) is 7.80. The number of nitro groups is 1. The molecule has 0 atom stereocenters. The van der Waals surface area contributed by atoms with Crippen LogP contribution in [0.4, 0.5) is 16.2 Å². The highest BCUT2D eigenvalue weighted by Crippen LogP contribution is 2.30. The lowest BCUT2D eigenvalue weighted by Gasteiger charge is -2.08. The maximum absolute atomic E-state index is 12.2. The number of fused-ring (bicyclic) bond motifs is 1. The van der Waals surface area contributed by atoms with Gasteiger partial charge in [0.05, 0.1) is 15.5 Å². The van der Waals surface area contributed by atoms with Gasteiger partial charge in [-0.3, -0.25) is 15.4 Å². The Bertz CT molecular complexity index is 1270. The number of halogens is 1. The SMILES string of the molecule is Cc1cnc2nc(-c3cc(NC(=O)Oc4ccc([N+](=O)[O-])cc4)ccc3Cl)[nH]c2c1. The first-order valence-corrected chi connectivity index (χ1v) is 9.12. The second-order valence-corrected chi connectivity index (χ2v) is 6.84. The van der Waals surface area contributed by atoms with Crippen LogP contribution in [0.15, 0.2) is 54.7 Å². The molecule has 0 fully saturated rings. The van der Waals surface area contributed by atoms with Gasteiger partial charge >= 0.3 is 6.09 Å². The lowest BCUT2D eigenvalue weighted by Crippen LogP contribution is -2.16. The number of hydrogen-bond acceptors (Lipinski definition) is 6. The van der Waals surface area contributed by atoms with Crippen molar-refractivity contribution in [3.8, 4) is 17.1 Å². The van der Waals surface area contributed by atoms with Gasteiger partial charge in [0.25, 0.3) is 5.69 Å². The summed E-state index contributed by atoms with van der Waals surface area (Å²) in [6.07, 6.45) is 0.972. The Morgan fingerprint density at radius 3 is 2.70 bits per heavy atom. The number of aryl methyl sites for hydroxylation is 1. The van der Waals surface area contributed by atoms with E-state index in [1.165, 1.54) is 24.3 Å². The number of nitrogens with one attached hydrogen (secondary N) is 2. The Labute approximate surface area is 174 Å². The molecule has 0 unspecified atom stereocenters. The molecule has 2 N–H and O–H groups in total. The normalized spacial score (nSPS) is 10.7. The van der Waals surface area contributed by atoms with Crippen molar-refractivity contribution in [2.45, 2.75) is 6.92 Å². The minimum absolute atomic E-state index is 0.0966. The molecule has 150 valence electrons. The van der Waals surface area contributed by atoms with E-state index in [0.717, 1.165) is 11.1 Å². The molecule has 10 heteroatoms. The largest absolute Gasteiger partial charge is 0.417 e. The average molecular weight is 424 g/mol. The zero-order valence-corrected chi connectivity index (χ0v) is 16.3. The molecule has 1 amide bonds. The fraction of sp³-hybridized carbons (Fsp3) is 0.0500. The number of ether oxygens (including phenoxy) is 1. The van der Waals surface area contributed by atoms with E-state index in [2.05, 4.69) is 20.3 Å². The Kier molecular flexibility index (Phi) is 5.03. The summed E-state index contributed by atoms with van der Waals surface area (Å²) in [5, 5.41) is 13.7. The summed E-state index contributed by atoms with van der Waals surface area (Å²) >= 11 is 6.32. The average Bonchev–Trinajstić information content (AvgIpc) is 3.12. The molecule has 4 aromatic rings. The predicted octanol–water partition coefficient (Wildman–Crippen LogP) is 5.11. The molecular weight excluding hydrogens is 410 g/mol. The molecule has 30 heavy (non-hydrogen) atoms. The molecule has 0 spiro atoms. The number of carbonyl (C=O) groups excluding carboxylic acids is 1. The number of hydrogen-bond donors (Lipinski definition) is 2. The third kappa shape index (κ3) is 4.06. The third-order valence-corrected chi connectivity index (χ3v) is 4.53. The maximum atomic E-state index is 12.2. The Morgan fingerprint density at radius 1 is 1.20 bits per heavy atom. The molecule has 0 aliphatic carbocycles. The third-order valence-electron chi connectivity index (χ3n) is 4.20. The highest BCUT2D eigenvalue weighted by molar-refractivity contribution is 6.33. The first-order chi connectivity index (χ1) is 14.4. The molecule has 0 aliphatic rings. The lowest BCUT2D eigenvalue weighted by molar-refractivity contribution is -0.384. The summed E-state index contributed by atoms with van der Waals surface area (Å²) in [7, 11) is 0. The number of non-ortho nitro benzene ring substituents is 1. The van der Waals surface area contributed by atoms with Crippen LogP contribution in [0, 0.1) is 17.0 Å². The number of imidazole rings is 1.